The number of hydrogen-bond acceptors (Lipinski definition) is 5. The maximum absolute atomic E-state index is 5.58. The van der Waals surface area contributed by atoms with Gasteiger partial charge in [-0.3, -0.25) is 0 Å². The SMILES string of the molecule is CCCC1(c2nc(-c3ccccc3OC)no2)CCCN1. The Bertz CT molecular complexity index is 603. The van der Waals surface area contributed by atoms with E-state index >= 15 is 0 Å². The van der Waals surface area contributed by atoms with E-state index < -0.39 is 0 Å². The predicted molar refractivity (Wildman–Crippen MR) is 80.1 cm³/mol. The van der Waals surface area contributed by atoms with Gasteiger partial charge in [0.1, 0.15) is 5.75 Å². The maximum atomic E-state index is 5.58. The maximum Gasteiger partial charge on any atom is 0.247 e. The van der Waals surface area contributed by atoms with Crippen LogP contribution in [0.2, 0.25) is 0 Å². The molecule has 21 heavy (non-hydrogen) atoms. The topological polar surface area (TPSA) is 60.2 Å². The van der Waals surface area contributed by atoms with Gasteiger partial charge in [-0.1, -0.05) is 30.6 Å². The van der Waals surface area contributed by atoms with Crippen LogP contribution >= 0.6 is 0 Å². The highest BCUT2D eigenvalue weighted by Crippen LogP contribution is 2.36. The number of benzene rings is 1. The Morgan fingerprint density at radius 2 is 2.24 bits per heavy atom. The van der Waals surface area contributed by atoms with Gasteiger partial charge in [0.05, 0.1) is 18.2 Å². The molecule has 1 N–H and O–H groups in total. The highest BCUT2D eigenvalue weighted by molar-refractivity contribution is 5.63. The number of rotatable bonds is 5. The third-order valence-electron chi connectivity index (χ3n) is 4.10. The van der Waals surface area contributed by atoms with Crippen LogP contribution in [0.15, 0.2) is 28.8 Å². The van der Waals surface area contributed by atoms with Gasteiger partial charge in [0.25, 0.3) is 0 Å². The number of ether oxygens (including phenoxy) is 1. The van der Waals surface area contributed by atoms with Crippen LogP contribution < -0.4 is 10.1 Å². The van der Waals surface area contributed by atoms with Crippen LogP contribution in [0.25, 0.3) is 11.4 Å². The number of para-hydroxylation sites is 1. The van der Waals surface area contributed by atoms with Gasteiger partial charge in [-0.2, -0.15) is 4.98 Å². The van der Waals surface area contributed by atoms with Crippen molar-refractivity contribution in [3.05, 3.63) is 30.2 Å². The van der Waals surface area contributed by atoms with Crippen LogP contribution in [-0.4, -0.2) is 23.8 Å². The Morgan fingerprint density at radius 1 is 1.38 bits per heavy atom. The Kier molecular flexibility index (Phi) is 3.92. The molecule has 3 rings (SSSR count). The number of aromatic nitrogens is 2. The van der Waals surface area contributed by atoms with Crippen molar-refractivity contribution >= 4 is 0 Å². The van der Waals surface area contributed by atoms with Gasteiger partial charge in [0, 0.05) is 0 Å². The molecule has 2 heterocycles. The molecule has 0 saturated carbocycles. The summed E-state index contributed by atoms with van der Waals surface area (Å²) >= 11 is 0. The first kappa shape index (κ1) is 14.1. The first-order valence-corrected chi connectivity index (χ1v) is 7.52. The molecular formula is C16H21N3O2. The first-order chi connectivity index (χ1) is 10.3. The van der Waals surface area contributed by atoms with Crippen molar-refractivity contribution in [2.75, 3.05) is 13.7 Å². The van der Waals surface area contributed by atoms with Gasteiger partial charge in [0.15, 0.2) is 0 Å². The van der Waals surface area contributed by atoms with E-state index in [-0.39, 0.29) is 5.54 Å². The Hall–Kier alpha value is -1.88. The lowest BCUT2D eigenvalue weighted by Gasteiger charge is -2.24. The van der Waals surface area contributed by atoms with Crippen LogP contribution in [-0.2, 0) is 5.54 Å². The van der Waals surface area contributed by atoms with Gasteiger partial charge in [-0.25, -0.2) is 0 Å². The Morgan fingerprint density at radius 3 is 2.95 bits per heavy atom. The van der Waals surface area contributed by atoms with Crippen LogP contribution in [0.3, 0.4) is 0 Å². The molecule has 5 nitrogen and oxygen atoms in total. The minimum Gasteiger partial charge on any atom is -0.496 e. The molecule has 1 saturated heterocycles. The van der Waals surface area contributed by atoms with E-state index in [0.717, 1.165) is 43.5 Å². The zero-order valence-corrected chi connectivity index (χ0v) is 12.6. The summed E-state index contributed by atoms with van der Waals surface area (Å²) in [6.07, 6.45) is 4.29. The van der Waals surface area contributed by atoms with Crippen LogP contribution in [0.1, 0.15) is 38.5 Å². The number of methoxy groups -OCH3 is 1. The normalized spacial score (nSPS) is 21.6. The molecular weight excluding hydrogens is 266 g/mol. The second kappa shape index (κ2) is 5.85. The summed E-state index contributed by atoms with van der Waals surface area (Å²) in [6.45, 7) is 3.19. The Labute approximate surface area is 124 Å². The molecule has 0 spiro atoms. The molecule has 1 unspecified atom stereocenters. The van der Waals surface area contributed by atoms with Gasteiger partial charge in [-0.15, -0.1) is 0 Å². The van der Waals surface area contributed by atoms with Crippen LogP contribution in [0, 0.1) is 0 Å². The molecule has 1 fully saturated rings. The van der Waals surface area contributed by atoms with Crippen molar-refractivity contribution in [2.45, 2.75) is 38.1 Å². The molecule has 2 aromatic rings. The van der Waals surface area contributed by atoms with E-state index in [2.05, 4.69) is 22.4 Å². The van der Waals surface area contributed by atoms with E-state index in [4.69, 9.17) is 9.26 Å². The van der Waals surface area contributed by atoms with E-state index in [1.165, 1.54) is 0 Å². The third kappa shape index (κ3) is 2.53. The molecule has 5 heteroatoms. The molecule has 1 aliphatic heterocycles. The Balaban J connectivity index is 1.96. The molecule has 1 aliphatic rings. The highest BCUT2D eigenvalue weighted by atomic mass is 16.5. The van der Waals surface area contributed by atoms with Crippen molar-refractivity contribution < 1.29 is 9.26 Å². The summed E-state index contributed by atoms with van der Waals surface area (Å²) in [6, 6.07) is 7.73. The molecule has 0 aliphatic carbocycles. The fourth-order valence-electron chi connectivity index (χ4n) is 3.09. The summed E-state index contributed by atoms with van der Waals surface area (Å²) in [7, 11) is 1.65. The van der Waals surface area contributed by atoms with Crippen molar-refractivity contribution in [2.24, 2.45) is 0 Å². The van der Waals surface area contributed by atoms with Gasteiger partial charge >= 0.3 is 0 Å². The van der Waals surface area contributed by atoms with Crippen molar-refractivity contribution in [3.8, 4) is 17.1 Å². The second-order valence-corrected chi connectivity index (χ2v) is 5.49. The number of hydrogen-bond donors (Lipinski definition) is 1. The largest absolute Gasteiger partial charge is 0.496 e. The highest BCUT2D eigenvalue weighted by Gasteiger charge is 2.39. The monoisotopic (exact) mass is 287 g/mol. The molecule has 112 valence electrons. The summed E-state index contributed by atoms with van der Waals surface area (Å²) in [5.41, 5.74) is 0.710. The number of nitrogens with zero attached hydrogens (tertiary/aromatic N) is 2. The lowest BCUT2D eigenvalue weighted by atomic mass is 9.92. The lowest BCUT2D eigenvalue weighted by molar-refractivity contribution is 0.241. The third-order valence-corrected chi connectivity index (χ3v) is 4.10. The fourth-order valence-corrected chi connectivity index (χ4v) is 3.09. The molecule has 1 atom stereocenters. The van der Waals surface area contributed by atoms with Crippen molar-refractivity contribution in [1.82, 2.24) is 15.5 Å². The molecule has 0 radical (unpaired) electrons. The van der Waals surface area contributed by atoms with Crippen LogP contribution in [0.4, 0.5) is 0 Å². The van der Waals surface area contributed by atoms with Crippen molar-refractivity contribution in [1.29, 1.82) is 0 Å². The molecule has 1 aromatic heterocycles. The molecule has 0 amide bonds. The van der Waals surface area contributed by atoms with Gasteiger partial charge < -0.3 is 14.6 Å². The average molecular weight is 287 g/mol. The van der Waals surface area contributed by atoms with Gasteiger partial charge in [-0.05, 0) is 37.9 Å². The van der Waals surface area contributed by atoms with E-state index in [0.29, 0.717) is 11.7 Å². The summed E-state index contributed by atoms with van der Waals surface area (Å²) in [5, 5.41) is 7.71. The standard InChI is InChI=1S/C16H21N3O2/c1-3-9-16(10-6-11-17-16)15-18-14(19-21-15)12-7-4-5-8-13(12)20-2/h4-5,7-8,17H,3,6,9-11H2,1-2H3. The van der Waals surface area contributed by atoms with E-state index in [1.807, 2.05) is 24.3 Å². The predicted octanol–water partition coefficient (Wildman–Crippen LogP) is 3.12. The average Bonchev–Trinajstić information content (AvgIpc) is 3.17. The zero-order chi connectivity index (χ0) is 14.7. The number of nitrogens with one attached hydrogen (secondary N) is 1. The summed E-state index contributed by atoms with van der Waals surface area (Å²) in [4.78, 5) is 4.64. The minimum atomic E-state index is -0.151. The van der Waals surface area contributed by atoms with E-state index in [9.17, 15) is 0 Å². The lowest BCUT2D eigenvalue weighted by Crippen LogP contribution is -2.36. The quantitative estimate of drug-likeness (QED) is 0.915. The summed E-state index contributed by atoms with van der Waals surface area (Å²) in [5.74, 6) is 2.04. The summed E-state index contributed by atoms with van der Waals surface area (Å²) < 4.78 is 10.9. The minimum absolute atomic E-state index is 0.151. The fraction of sp³-hybridized carbons (Fsp3) is 0.500. The second-order valence-electron chi connectivity index (χ2n) is 5.49. The van der Waals surface area contributed by atoms with Gasteiger partial charge in [0.2, 0.25) is 11.7 Å². The van der Waals surface area contributed by atoms with E-state index in [1.54, 1.807) is 7.11 Å². The van der Waals surface area contributed by atoms with Crippen molar-refractivity contribution in [3.63, 3.8) is 0 Å². The zero-order valence-electron chi connectivity index (χ0n) is 12.6. The van der Waals surface area contributed by atoms with Crippen LogP contribution in [0.5, 0.6) is 5.75 Å². The first-order valence-electron chi connectivity index (χ1n) is 7.52. The molecule has 0 bridgehead atoms. The smallest absolute Gasteiger partial charge is 0.247 e. The molecule has 1 aromatic carbocycles.